The molecule has 0 aromatic heterocycles. The number of aliphatic hydroxyl groups excluding tert-OH is 1. The van der Waals surface area contributed by atoms with Gasteiger partial charge in [-0.3, -0.25) is 0 Å². The predicted octanol–water partition coefficient (Wildman–Crippen LogP) is 2.15. The lowest BCUT2D eigenvalue weighted by Crippen LogP contribution is -2.20. The molecule has 0 bridgehead atoms. The average Bonchev–Trinajstić information content (AvgIpc) is 2.10. The molecule has 2 unspecified atom stereocenters. The van der Waals surface area contributed by atoms with Gasteiger partial charge in [-0.2, -0.15) is 0 Å². The van der Waals surface area contributed by atoms with E-state index in [2.05, 4.69) is 5.32 Å². The minimum absolute atomic E-state index is 0.243. The second kappa shape index (κ2) is 5.03. The fourth-order valence-electron chi connectivity index (χ4n) is 1.59. The number of hydrogen-bond donors (Lipinski definition) is 3. The second-order valence-corrected chi connectivity index (χ2v) is 4.20. The Morgan fingerprint density at radius 2 is 2.07 bits per heavy atom. The molecular weight excluding hydrogens is 188 g/mol. The van der Waals surface area contributed by atoms with E-state index in [4.69, 9.17) is 5.73 Å². The van der Waals surface area contributed by atoms with Crippen molar-refractivity contribution in [3.63, 3.8) is 0 Å². The Hall–Kier alpha value is -1.22. The molecule has 0 fully saturated rings. The van der Waals surface area contributed by atoms with Gasteiger partial charge in [0, 0.05) is 17.4 Å². The van der Waals surface area contributed by atoms with Crippen molar-refractivity contribution < 1.29 is 5.11 Å². The molecule has 3 nitrogen and oxygen atoms in total. The van der Waals surface area contributed by atoms with Crippen molar-refractivity contribution in [2.75, 3.05) is 11.1 Å². The van der Waals surface area contributed by atoms with E-state index in [1.807, 2.05) is 32.0 Å². The van der Waals surface area contributed by atoms with E-state index in [1.54, 1.807) is 6.92 Å². The van der Waals surface area contributed by atoms with Crippen LogP contribution in [0.25, 0.3) is 0 Å². The van der Waals surface area contributed by atoms with Gasteiger partial charge in [0.05, 0.1) is 6.10 Å². The Morgan fingerprint density at radius 3 is 2.60 bits per heavy atom. The number of anilines is 2. The highest BCUT2D eigenvalue weighted by Crippen LogP contribution is 2.18. The lowest BCUT2D eigenvalue weighted by Gasteiger charge is -2.17. The quantitative estimate of drug-likeness (QED) is 0.664. The molecule has 0 spiro atoms. The van der Waals surface area contributed by atoms with Gasteiger partial charge in [0.25, 0.3) is 0 Å². The average molecular weight is 208 g/mol. The summed E-state index contributed by atoms with van der Waals surface area (Å²) in [5, 5.41) is 12.5. The summed E-state index contributed by atoms with van der Waals surface area (Å²) >= 11 is 0. The van der Waals surface area contributed by atoms with Gasteiger partial charge in [-0.05, 0) is 44.9 Å². The smallest absolute Gasteiger partial charge is 0.0531 e. The van der Waals surface area contributed by atoms with Crippen LogP contribution in [-0.2, 0) is 0 Å². The molecule has 0 radical (unpaired) electrons. The van der Waals surface area contributed by atoms with E-state index in [0.717, 1.165) is 23.4 Å². The van der Waals surface area contributed by atoms with Gasteiger partial charge < -0.3 is 16.2 Å². The summed E-state index contributed by atoms with van der Waals surface area (Å²) in [5.41, 5.74) is 8.70. The lowest BCUT2D eigenvalue weighted by molar-refractivity contribution is 0.179. The molecule has 15 heavy (non-hydrogen) atoms. The van der Waals surface area contributed by atoms with Crippen molar-refractivity contribution in [1.82, 2.24) is 0 Å². The standard InChI is InChI=1S/C12H20N2O/c1-8-4-5-11(7-12(8)13)14-9(2)6-10(3)15/h4-5,7,9-10,14-15H,6,13H2,1-3H3. The maximum absolute atomic E-state index is 9.23. The minimum Gasteiger partial charge on any atom is -0.398 e. The molecule has 4 N–H and O–H groups in total. The molecule has 84 valence electrons. The van der Waals surface area contributed by atoms with E-state index in [9.17, 15) is 5.11 Å². The molecule has 1 rings (SSSR count). The summed E-state index contributed by atoms with van der Waals surface area (Å²) in [5.74, 6) is 0. The van der Waals surface area contributed by atoms with Gasteiger partial charge in [-0.25, -0.2) is 0 Å². The summed E-state index contributed by atoms with van der Waals surface area (Å²) in [6.45, 7) is 5.82. The van der Waals surface area contributed by atoms with Crippen LogP contribution in [0.4, 0.5) is 11.4 Å². The number of nitrogens with one attached hydrogen (secondary N) is 1. The van der Waals surface area contributed by atoms with E-state index in [1.165, 1.54) is 0 Å². The highest BCUT2D eigenvalue weighted by atomic mass is 16.3. The van der Waals surface area contributed by atoms with Crippen molar-refractivity contribution in [3.05, 3.63) is 23.8 Å². The third kappa shape index (κ3) is 3.80. The molecule has 0 saturated heterocycles. The summed E-state index contributed by atoms with van der Waals surface area (Å²) < 4.78 is 0. The van der Waals surface area contributed by atoms with Crippen LogP contribution in [0.3, 0.4) is 0 Å². The highest BCUT2D eigenvalue weighted by Gasteiger charge is 2.06. The summed E-state index contributed by atoms with van der Waals surface area (Å²) in [7, 11) is 0. The van der Waals surface area contributed by atoms with Crippen LogP contribution in [-0.4, -0.2) is 17.3 Å². The SMILES string of the molecule is Cc1ccc(NC(C)CC(C)O)cc1N. The number of nitrogens with two attached hydrogens (primary N) is 1. The van der Waals surface area contributed by atoms with Crippen LogP contribution >= 0.6 is 0 Å². The third-order valence-electron chi connectivity index (χ3n) is 2.39. The van der Waals surface area contributed by atoms with Crippen molar-refractivity contribution in [2.24, 2.45) is 0 Å². The number of aliphatic hydroxyl groups is 1. The molecule has 1 aromatic rings. The van der Waals surface area contributed by atoms with Crippen molar-refractivity contribution in [2.45, 2.75) is 39.3 Å². The molecule has 0 amide bonds. The van der Waals surface area contributed by atoms with Gasteiger partial charge in [-0.1, -0.05) is 6.07 Å². The number of hydrogen-bond acceptors (Lipinski definition) is 3. The number of aryl methyl sites for hydroxylation is 1. The number of nitrogen functional groups attached to an aromatic ring is 1. The molecule has 0 aliphatic carbocycles. The highest BCUT2D eigenvalue weighted by molar-refractivity contribution is 5.58. The Morgan fingerprint density at radius 1 is 1.40 bits per heavy atom. The number of benzene rings is 1. The van der Waals surface area contributed by atoms with Gasteiger partial charge >= 0.3 is 0 Å². The Bertz CT molecular complexity index is 323. The molecule has 0 aliphatic rings. The minimum atomic E-state index is -0.282. The normalized spacial score (nSPS) is 14.7. The Kier molecular flexibility index (Phi) is 3.97. The third-order valence-corrected chi connectivity index (χ3v) is 2.39. The van der Waals surface area contributed by atoms with Crippen LogP contribution in [0.15, 0.2) is 18.2 Å². The van der Waals surface area contributed by atoms with E-state index < -0.39 is 0 Å². The summed E-state index contributed by atoms with van der Waals surface area (Å²) in [4.78, 5) is 0. The predicted molar refractivity (Wildman–Crippen MR) is 65.0 cm³/mol. The zero-order valence-electron chi connectivity index (χ0n) is 9.62. The zero-order valence-corrected chi connectivity index (χ0v) is 9.62. The van der Waals surface area contributed by atoms with Gasteiger partial charge in [0.15, 0.2) is 0 Å². The maximum Gasteiger partial charge on any atom is 0.0531 e. The summed E-state index contributed by atoms with van der Waals surface area (Å²) in [6.07, 6.45) is 0.448. The second-order valence-electron chi connectivity index (χ2n) is 4.20. The monoisotopic (exact) mass is 208 g/mol. The maximum atomic E-state index is 9.23. The fraction of sp³-hybridized carbons (Fsp3) is 0.500. The fourth-order valence-corrected chi connectivity index (χ4v) is 1.59. The zero-order chi connectivity index (χ0) is 11.4. The first-order valence-corrected chi connectivity index (χ1v) is 5.29. The first kappa shape index (κ1) is 11.9. The van der Waals surface area contributed by atoms with Gasteiger partial charge in [0.2, 0.25) is 0 Å². The van der Waals surface area contributed by atoms with Crippen LogP contribution in [0.2, 0.25) is 0 Å². The first-order chi connectivity index (χ1) is 6.99. The lowest BCUT2D eigenvalue weighted by atomic mass is 10.1. The molecule has 0 heterocycles. The van der Waals surface area contributed by atoms with E-state index in [0.29, 0.717) is 0 Å². The Balaban J connectivity index is 2.60. The van der Waals surface area contributed by atoms with Gasteiger partial charge in [0.1, 0.15) is 0 Å². The molecule has 0 aliphatic heterocycles. The van der Waals surface area contributed by atoms with Gasteiger partial charge in [-0.15, -0.1) is 0 Å². The number of rotatable bonds is 4. The van der Waals surface area contributed by atoms with Crippen LogP contribution in [0.1, 0.15) is 25.8 Å². The van der Waals surface area contributed by atoms with Crippen molar-refractivity contribution in [3.8, 4) is 0 Å². The molecule has 0 saturated carbocycles. The largest absolute Gasteiger partial charge is 0.398 e. The van der Waals surface area contributed by atoms with Crippen molar-refractivity contribution >= 4 is 11.4 Å². The molecule has 2 atom stereocenters. The van der Waals surface area contributed by atoms with Crippen LogP contribution in [0.5, 0.6) is 0 Å². The van der Waals surface area contributed by atoms with E-state index in [-0.39, 0.29) is 12.1 Å². The molecule has 3 heteroatoms. The van der Waals surface area contributed by atoms with Crippen LogP contribution in [0, 0.1) is 6.92 Å². The topological polar surface area (TPSA) is 58.3 Å². The van der Waals surface area contributed by atoms with E-state index >= 15 is 0 Å². The molecule has 1 aromatic carbocycles. The molecular formula is C12H20N2O. The first-order valence-electron chi connectivity index (χ1n) is 5.29. The van der Waals surface area contributed by atoms with Crippen LogP contribution < -0.4 is 11.1 Å². The summed E-state index contributed by atoms with van der Waals surface area (Å²) in [6, 6.07) is 6.16. The Labute approximate surface area is 91.3 Å². The van der Waals surface area contributed by atoms with Crippen molar-refractivity contribution in [1.29, 1.82) is 0 Å².